The number of nitrogens with zero attached hydrogens (tertiary/aromatic N) is 1. The molecule has 1 aromatic carbocycles. The van der Waals surface area contributed by atoms with Crippen LogP contribution in [0.5, 0.6) is 0 Å². The van der Waals surface area contributed by atoms with Gasteiger partial charge in [-0.3, -0.25) is 0 Å². The molecule has 0 radical (unpaired) electrons. The predicted octanol–water partition coefficient (Wildman–Crippen LogP) is 4.81. The summed E-state index contributed by atoms with van der Waals surface area (Å²) in [6, 6.07) is 8.24. The first-order valence-corrected chi connectivity index (χ1v) is 9.10. The largest absolute Gasteiger partial charge is 0.392 e. The van der Waals surface area contributed by atoms with E-state index in [0.29, 0.717) is 5.92 Å². The number of aliphatic hydroxyl groups is 1. The third-order valence-electron chi connectivity index (χ3n) is 4.85. The molecule has 21 heavy (non-hydrogen) atoms. The molecule has 0 bridgehead atoms. The SMILES string of the molecule is CCCC1CCC(C(O)Cc2nc3ccccc3s2)CC1. The van der Waals surface area contributed by atoms with E-state index in [-0.39, 0.29) is 6.10 Å². The topological polar surface area (TPSA) is 33.1 Å². The number of hydrogen-bond donors (Lipinski definition) is 1. The van der Waals surface area contributed by atoms with Crippen molar-refractivity contribution in [2.45, 2.75) is 58.0 Å². The van der Waals surface area contributed by atoms with E-state index in [1.807, 2.05) is 6.07 Å². The van der Waals surface area contributed by atoms with Gasteiger partial charge in [0, 0.05) is 6.42 Å². The Kier molecular flexibility index (Phi) is 4.91. The quantitative estimate of drug-likeness (QED) is 0.860. The molecule has 0 saturated heterocycles. The van der Waals surface area contributed by atoms with E-state index in [9.17, 15) is 5.11 Å². The highest BCUT2D eigenvalue weighted by Gasteiger charge is 2.26. The third kappa shape index (κ3) is 3.64. The van der Waals surface area contributed by atoms with Gasteiger partial charge in [-0.05, 0) is 36.8 Å². The second-order valence-electron chi connectivity index (χ2n) is 6.42. The minimum atomic E-state index is -0.215. The van der Waals surface area contributed by atoms with E-state index >= 15 is 0 Å². The lowest BCUT2D eigenvalue weighted by atomic mass is 9.77. The molecular formula is C18H25NOS. The van der Waals surface area contributed by atoms with E-state index in [2.05, 4.69) is 30.1 Å². The summed E-state index contributed by atoms with van der Waals surface area (Å²) >= 11 is 1.73. The van der Waals surface area contributed by atoms with E-state index in [0.717, 1.165) is 22.9 Å². The molecule has 2 aromatic rings. The molecule has 1 aliphatic carbocycles. The maximum absolute atomic E-state index is 10.5. The summed E-state index contributed by atoms with van der Waals surface area (Å²) in [5, 5.41) is 11.6. The summed E-state index contributed by atoms with van der Waals surface area (Å²) in [6.45, 7) is 2.27. The van der Waals surface area contributed by atoms with E-state index < -0.39 is 0 Å². The maximum Gasteiger partial charge on any atom is 0.0964 e. The number of rotatable bonds is 5. The summed E-state index contributed by atoms with van der Waals surface area (Å²) < 4.78 is 1.23. The van der Waals surface area contributed by atoms with Gasteiger partial charge in [-0.1, -0.05) is 44.7 Å². The van der Waals surface area contributed by atoms with Gasteiger partial charge in [0.25, 0.3) is 0 Å². The molecule has 0 aliphatic heterocycles. The number of thiazole rings is 1. The fourth-order valence-electron chi connectivity index (χ4n) is 3.62. The second-order valence-corrected chi connectivity index (χ2v) is 7.53. The molecule has 3 rings (SSSR count). The van der Waals surface area contributed by atoms with Crippen molar-refractivity contribution in [3.05, 3.63) is 29.3 Å². The van der Waals surface area contributed by atoms with Crippen LogP contribution in [-0.2, 0) is 6.42 Å². The molecule has 114 valence electrons. The standard InChI is InChI=1S/C18H25NOS/c1-2-5-13-8-10-14(11-9-13)16(20)12-18-19-15-6-3-4-7-17(15)21-18/h3-4,6-7,13-14,16,20H,2,5,8-12H2,1H3. The lowest BCUT2D eigenvalue weighted by Crippen LogP contribution is -2.27. The zero-order valence-corrected chi connectivity index (χ0v) is 13.6. The Bertz CT molecular complexity index is 538. The molecule has 3 heteroatoms. The van der Waals surface area contributed by atoms with Crippen LogP contribution in [0.25, 0.3) is 10.2 Å². The fraction of sp³-hybridized carbons (Fsp3) is 0.611. The Morgan fingerprint density at radius 2 is 2.00 bits per heavy atom. The lowest BCUT2D eigenvalue weighted by molar-refractivity contribution is 0.0728. The summed E-state index contributed by atoms with van der Waals surface area (Å²) in [5.41, 5.74) is 1.07. The number of aromatic nitrogens is 1. The van der Waals surface area contributed by atoms with Crippen LogP contribution in [0.1, 0.15) is 50.5 Å². The molecule has 0 spiro atoms. The van der Waals surface area contributed by atoms with Gasteiger partial charge >= 0.3 is 0 Å². The second kappa shape index (κ2) is 6.89. The van der Waals surface area contributed by atoms with E-state index in [1.165, 1.54) is 43.2 Å². The van der Waals surface area contributed by atoms with E-state index in [4.69, 9.17) is 0 Å². The Balaban J connectivity index is 1.57. The molecule has 1 aromatic heterocycles. The first-order valence-electron chi connectivity index (χ1n) is 8.28. The van der Waals surface area contributed by atoms with Crippen molar-refractivity contribution >= 4 is 21.6 Å². The zero-order valence-electron chi connectivity index (χ0n) is 12.8. The number of fused-ring (bicyclic) bond motifs is 1. The number of aliphatic hydroxyl groups excluding tert-OH is 1. The van der Waals surface area contributed by atoms with Gasteiger partial charge in [-0.2, -0.15) is 0 Å². The fourth-order valence-corrected chi connectivity index (χ4v) is 4.64. The van der Waals surface area contributed by atoms with Crippen LogP contribution in [0.15, 0.2) is 24.3 Å². The molecule has 1 N–H and O–H groups in total. The zero-order chi connectivity index (χ0) is 14.7. The highest BCUT2D eigenvalue weighted by molar-refractivity contribution is 7.18. The van der Waals surface area contributed by atoms with Gasteiger partial charge in [0.15, 0.2) is 0 Å². The summed E-state index contributed by atoms with van der Waals surface area (Å²) in [5.74, 6) is 1.38. The van der Waals surface area contributed by atoms with Gasteiger partial charge in [-0.15, -0.1) is 11.3 Å². The molecule has 1 unspecified atom stereocenters. The third-order valence-corrected chi connectivity index (χ3v) is 5.91. The summed E-state index contributed by atoms with van der Waals surface area (Å²) in [4.78, 5) is 4.65. The molecule has 1 saturated carbocycles. The van der Waals surface area contributed by atoms with Crippen molar-refractivity contribution in [2.24, 2.45) is 11.8 Å². The molecule has 2 nitrogen and oxygen atoms in total. The highest BCUT2D eigenvalue weighted by Crippen LogP contribution is 2.34. The molecule has 1 fully saturated rings. The number of benzene rings is 1. The lowest BCUT2D eigenvalue weighted by Gasteiger charge is -2.31. The normalized spacial score (nSPS) is 24.3. The van der Waals surface area contributed by atoms with Crippen molar-refractivity contribution in [1.82, 2.24) is 4.98 Å². The molecule has 1 heterocycles. The van der Waals surface area contributed by atoms with Gasteiger partial charge in [0.2, 0.25) is 0 Å². The van der Waals surface area contributed by atoms with Crippen molar-refractivity contribution < 1.29 is 5.11 Å². The minimum absolute atomic E-state index is 0.215. The molecular weight excluding hydrogens is 278 g/mol. The Labute approximate surface area is 131 Å². The number of para-hydroxylation sites is 1. The first-order chi connectivity index (χ1) is 10.3. The van der Waals surface area contributed by atoms with Crippen LogP contribution in [0, 0.1) is 11.8 Å². The van der Waals surface area contributed by atoms with Gasteiger partial charge < -0.3 is 5.11 Å². The van der Waals surface area contributed by atoms with Crippen LogP contribution in [0.4, 0.5) is 0 Å². The Morgan fingerprint density at radius 1 is 1.24 bits per heavy atom. The Hall–Kier alpha value is -0.930. The summed E-state index contributed by atoms with van der Waals surface area (Å²) in [7, 11) is 0. The monoisotopic (exact) mass is 303 g/mol. The highest BCUT2D eigenvalue weighted by atomic mass is 32.1. The van der Waals surface area contributed by atoms with Crippen molar-refractivity contribution in [2.75, 3.05) is 0 Å². The van der Waals surface area contributed by atoms with Gasteiger partial charge in [-0.25, -0.2) is 4.98 Å². The molecule has 1 atom stereocenters. The van der Waals surface area contributed by atoms with Gasteiger partial charge in [0.05, 0.1) is 21.3 Å². The maximum atomic E-state index is 10.5. The van der Waals surface area contributed by atoms with Crippen LogP contribution < -0.4 is 0 Å². The van der Waals surface area contributed by atoms with Crippen LogP contribution in [0.3, 0.4) is 0 Å². The van der Waals surface area contributed by atoms with Crippen LogP contribution >= 0.6 is 11.3 Å². The van der Waals surface area contributed by atoms with Crippen LogP contribution in [-0.4, -0.2) is 16.2 Å². The van der Waals surface area contributed by atoms with Crippen molar-refractivity contribution in [3.8, 4) is 0 Å². The van der Waals surface area contributed by atoms with E-state index in [1.54, 1.807) is 11.3 Å². The van der Waals surface area contributed by atoms with Crippen LogP contribution in [0.2, 0.25) is 0 Å². The van der Waals surface area contributed by atoms with Crippen molar-refractivity contribution in [1.29, 1.82) is 0 Å². The average Bonchev–Trinajstić information content (AvgIpc) is 2.90. The predicted molar refractivity (Wildman–Crippen MR) is 89.7 cm³/mol. The molecule has 1 aliphatic rings. The molecule has 0 amide bonds. The Morgan fingerprint density at radius 3 is 2.71 bits per heavy atom. The smallest absolute Gasteiger partial charge is 0.0964 e. The number of hydrogen-bond acceptors (Lipinski definition) is 3. The van der Waals surface area contributed by atoms with Gasteiger partial charge in [0.1, 0.15) is 0 Å². The minimum Gasteiger partial charge on any atom is -0.392 e. The summed E-state index contributed by atoms with van der Waals surface area (Å²) in [6.07, 6.45) is 8.15. The average molecular weight is 303 g/mol. The first kappa shape index (κ1) is 15.0. The van der Waals surface area contributed by atoms with Crippen molar-refractivity contribution in [3.63, 3.8) is 0 Å².